The van der Waals surface area contributed by atoms with Crippen LogP contribution in [0.3, 0.4) is 0 Å². The van der Waals surface area contributed by atoms with E-state index in [2.05, 4.69) is 4.40 Å². The Hall–Kier alpha value is -2.25. The third kappa shape index (κ3) is 3.50. The fourth-order valence-corrected chi connectivity index (χ4v) is 4.50. The zero-order valence-electron chi connectivity index (χ0n) is 14.8. The topological polar surface area (TPSA) is 68.5 Å². The van der Waals surface area contributed by atoms with Crippen LogP contribution < -0.4 is 0 Å². The maximum atomic E-state index is 13.2. The molecule has 5 nitrogen and oxygen atoms in total. The molecule has 0 bridgehead atoms. The van der Waals surface area contributed by atoms with Crippen LogP contribution in [0.2, 0.25) is 0 Å². The van der Waals surface area contributed by atoms with Crippen LogP contribution in [0.1, 0.15) is 26.5 Å². The Morgan fingerprint density at radius 1 is 1.00 bits per heavy atom. The number of aromatic nitrogens is 1. The molecule has 0 saturated heterocycles. The van der Waals surface area contributed by atoms with Crippen molar-refractivity contribution in [1.29, 1.82) is 0 Å². The van der Waals surface area contributed by atoms with E-state index in [1.165, 1.54) is 10.2 Å². The van der Waals surface area contributed by atoms with Gasteiger partial charge in [-0.2, -0.15) is 4.40 Å². The van der Waals surface area contributed by atoms with E-state index in [0.717, 1.165) is 5.39 Å². The summed E-state index contributed by atoms with van der Waals surface area (Å²) in [4.78, 5) is 0.188. The molecule has 0 spiro atoms. The van der Waals surface area contributed by atoms with Gasteiger partial charge in [0.25, 0.3) is 10.0 Å². The Morgan fingerprint density at radius 3 is 2.27 bits per heavy atom. The van der Waals surface area contributed by atoms with E-state index < -0.39 is 25.8 Å². The summed E-state index contributed by atoms with van der Waals surface area (Å²) in [5.74, 6) is 0. The van der Waals surface area contributed by atoms with E-state index in [9.17, 15) is 12.6 Å². The number of nitrogens with zero attached hydrogens (tertiary/aromatic N) is 2. The maximum absolute atomic E-state index is 13.2. The molecule has 3 rings (SSSR count). The van der Waals surface area contributed by atoms with Gasteiger partial charge in [-0.3, -0.25) is 0 Å². The van der Waals surface area contributed by atoms with E-state index >= 15 is 0 Å². The highest BCUT2D eigenvalue weighted by Crippen LogP contribution is 2.25. The van der Waals surface area contributed by atoms with Gasteiger partial charge in [-0.05, 0) is 45.0 Å². The van der Waals surface area contributed by atoms with Crippen LogP contribution in [-0.4, -0.2) is 27.6 Å². The fraction of sp³-hybridized carbons (Fsp3) is 0.211. The van der Waals surface area contributed by atoms with Gasteiger partial charge >= 0.3 is 0 Å². The Labute approximate surface area is 156 Å². The molecule has 0 fully saturated rings. The lowest BCUT2D eigenvalue weighted by molar-refractivity contribution is 0.589. The summed E-state index contributed by atoms with van der Waals surface area (Å²) in [5.41, 5.74) is 0.923. The number of para-hydroxylation sites is 1. The lowest BCUT2D eigenvalue weighted by atomic mass is 10.2. The molecule has 0 aliphatic heterocycles. The second kappa shape index (κ2) is 6.81. The Kier molecular flexibility index (Phi) is 4.86. The lowest BCUT2D eigenvalue weighted by Crippen LogP contribution is -2.20. The predicted octanol–water partition coefficient (Wildman–Crippen LogP) is 3.76. The van der Waals surface area contributed by atoms with Gasteiger partial charge in [0.05, 0.1) is 27.1 Å². The van der Waals surface area contributed by atoms with Crippen LogP contribution in [-0.2, 0) is 21.0 Å². The van der Waals surface area contributed by atoms with Crippen LogP contribution in [0, 0.1) is 0 Å². The van der Waals surface area contributed by atoms with Gasteiger partial charge < -0.3 is 0 Å². The first-order valence-corrected chi connectivity index (χ1v) is 10.6. The quantitative estimate of drug-likeness (QED) is 0.639. The molecule has 0 saturated carbocycles. The average Bonchev–Trinajstić information content (AvgIpc) is 2.98. The van der Waals surface area contributed by atoms with Crippen molar-refractivity contribution < 1.29 is 12.6 Å². The van der Waals surface area contributed by atoms with Gasteiger partial charge in [0.2, 0.25) is 0 Å². The summed E-state index contributed by atoms with van der Waals surface area (Å²) in [6, 6.07) is 17.2. The van der Waals surface area contributed by atoms with Crippen molar-refractivity contribution in [2.45, 2.75) is 30.4 Å². The first-order valence-electron chi connectivity index (χ1n) is 8.08. The molecule has 26 heavy (non-hydrogen) atoms. The molecule has 3 aromatic rings. The molecular formula is C19H20N2O3S2. The van der Waals surface area contributed by atoms with E-state index in [1.54, 1.807) is 48.5 Å². The normalized spacial score (nSPS) is 14.1. The molecular weight excluding hydrogens is 368 g/mol. The SMILES string of the molecule is CC(C)(C)[S@@](=O)/N=C/c1cc2ccccc2n1S(=O)(=O)c1ccccc1. The summed E-state index contributed by atoms with van der Waals surface area (Å²) < 4.78 is 43.5. The number of rotatable bonds is 4. The minimum absolute atomic E-state index is 0.188. The number of hydrogen-bond donors (Lipinski definition) is 0. The molecule has 1 aromatic heterocycles. The standard InChI is InChI=1S/C19H20N2O3S2/c1-19(2,3)25(22)20-14-16-13-15-9-7-8-12-18(15)21(16)26(23,24)17-10-5-4-6-11-17/h4-14H,1-3H3/b20-14+/t25-/m1/s1. The molecule has 1 atom stereocenters. The van der Waals surface area contributed by atoms with E-state index in [0.29, 0.717) is 11.2 Å². The molecule has 1 heterocycles. The molecule has 0 N–H and O–H groups in total. The minimum atomic E-state index is -3.81. The molecule has 136 valence electrons. The minimum Gasteiger partial charge on any atom is -0.234 e. The van der Waals surface area contributed by atoms with Crippen molar-refractivity contribution in [3.05, 3.63) is 66.4 Å². The largest absolute Gasteiger partial charge is 0.268 e. The average molecular weight is 389 g/mol. The summed E-state index contributed by atoms with van der Waals surface area (Å²) >= 11 is 0. The smallest absolute Gasteiger partial charge is 0.234 e. The summed E-state index contributed by atoms with van der Waals surface area (Å²) in [6.07, 6.45) is 1.38. The third-order valence-electron chi connectivity index (χ3n) is 3.78. The summed E-state index contributed by atoms with van der Waals surface area (Å²) in [6.45, 7) is 5.45. The zero-order valence-corrected chi connectivity index (χ0v) is 16.4. The van der Waals surface area contributed by atoms with E-state index in [-0.39, 0.29) is 4.90 Å². The number of hydrogen-bond acceptors (Lipinski definition) is 3. The van der Waals surface area contributed by atoms with Crippen LogP contribution in [0.5, 0.6) is 0 Å². The predicted molar refractivity (Wildman–Crippen MR) is 106 cm³/mol. The van der Waals surface area contributed by atoms with Crippen molar-refractivity contribution in [3.8, 4) is 0 Å². The first kappa shape index (κ1) is 18.5. The highest BCUT2D eigenvalue weighted by molar-refractivity contribution is 7.90. The molecule has 0 aliphatic rings. The van der Waals surface area contributed by atoms with Crippen molar-refractivity contribution in [2.24, 2.45) is 4.40 Å². The van der Waals surface area contributed by atoms with Crippen molar-refractivity contribution in [2.75, 3.05) is 0 Å². The highest BCUT2D eigenvalue weighted by atomic mass is 32.2. The second-order valence-corrected chi connectivity index (χ2v) is 10.5. The van der Waals surface area contributed by atoms with Crippen LogP contribution in [0.15, 0.2) is 70.0 Å². The summed E-state index contributed by atoms with van der Waals surface area (Å²) in [5, 5.41) is 0.773. The van der Waals surface area contributed by atoms with Gasteiger partial charge in [0.15, 0.2) is 0 Å². The fourth-order valence-electron chi connectivity index (χ4n) is 2.47. The Bertz CT molecular complexity index is 1090. The van der Waals surface area contributed by atoms with Gasteiger partial charge in [0.1, 0.15) is 11.0 Å². The lowest BCUT2D eigenvalue weighted by Gasteiger charge is -2.13. The van der Waals surface area contributed by atoms with Gasteiger partial charge in [-0.15, -0.1) is 0 Å². The van der Waals surface area contributed by atoms with E-state index in [1.807, 2.05) is 32.9 Å². The van der Waals surface area contributed by atoms with Crippen LogP contribution >= 0.6 is 0 Å². The molecule has 0 radical (unpaired) electrons. The molecule has 7 heteroatoms. The summed E-state index contributed by atoms with van der Waals surface area (Å²) in [7, 11) is -5.29. The van der Waals surface area contributed by atoms with Crippen molar-refractivity contribution in [3.63, 3.8) is 0 Å². The first-order chi connectivity index (χ1) is 12.2. The van der Waals surface area contributed by atoms with E-state index in [4.69, 9.17) is 0 Å². The Morgan fingerprint density at radius 2 is 1.62 bits per heavy atom. The van der Waals surface area contributed by atoms with Gasteiger partial charge in [0, 0.05) is 5.39 Å². The van der Waals surface area contributed by atoms with Crippen LogP contribution in [0.25, 0.3) is 10.9 Å². The highest BCUT2D eigenvalue weighted by Gasteiger charge is 2.23. The molecule has 2 aromatic carbocycles. The second-order valence-electron chi connectivity index (χ2n) is 6.81. The van der Waals surface area contributed by atoms with Crippen molar-refractivity contribution >= 4 is 38.1 Å². The van der Waals surface area contributed by atoms with Gasteiger partial charge in [-0.1, -0.05) is 36.4 Å². The third-order valence-corrected chi connectivity index (χ3v) is 6.88. The monoisotopic (exact) mass is 388 g/mol. The molecule has 0 unspecified atom stereocenters. The van der Waals surface area contributed by atoms with Crippen LogP contribution in [0.4, 0.5) is 0 Å². The number of fused-ring (bicyclic) bond motifs is 1. The zero-order chi connectivity index (χ0) is 18.9. The Balaban J connectivity index is 2.21. The van der Waals surface area contributed by atoms with Crippen molar-refractivity contribution in [1.82, 2.24) is 3.97 Å². The number of benzene rings is 2. The molecule has 0 aliphatic carbocycles. The van der Waals surface area contributed by atoms with Gasteiger partial charge in [-0.25, -0.2) is 16.6 Å². The molecule has 0 amide bonds. The maximum Gasteiger partial charge on any atom is 0.268 e.